The van der Waals surface area contributed by atoms with Gasteiger partial charge < -0.3 is 10.2 Å². The molecule has 1 saturated carbocycles. The fraction of sp³-hybridized carbons (Fsp3) is 0.917. The Morgan fingerprint density at radius 2 is 2.19 bits per heavy atom. The number of hydrogen-bond donors (Lipinski definition) is 1. The number of nitrogens with zero attached hydrogens (tertiary/aromatic N) is 1. The van der Waals surface area contributed by atoms with Crippen LogP contribution in [0.15, 0.2) is 0 Å². The second-order valence-corrected chi connectivity index (χ2v) is 7.20. The highest BCUT2D eigenvalue weighted by atomic mass is 32.2. The van der Waals surface area contributed by atoms with Crippen LogP contribution in [0.1, 0.15) is 33.1 Å². The van der Waals surface area contributed by atoms with E-state index in [-0.39, 0.29) is 5.91 Å². The van der Waals surface area contributed by atoms with Crippen LogP contribution in [0.4, 0.5) is 0 Å². The molecule has 4 heteroatoms. The third-order valence-electron chi connectivity index (χ3n) is 3.31. The first-order valence-corrected chi connectivity index (χ1v) is 7.20. The summed E-state index contributed by atoms with van der Waals surface area (Å²) in [5, 5.41) is 3.30. The van der Waals surface area contributed by atoms with Gasteiger partial charge in [-0.25, -0.2) is 0 Å². The number of amides is 1. The summed E-state index contributed by atoms with van der Waals surface area (Å²) in [6.45, 7) is 6.92. The van der Waals surface area contributed by atoms with Crippen LogP contribution >= 0.6 is 11.8 Å². The zero-order valence-electron chi connectivity index (χ0n) is 10.3. The van der Waals surface area contributed by atoms with Crippen molar-refractivity contribution in [2.45, 2.75) is 43.9 Å². The number of nitrogens with one attached hydrogen (secondary N) is 1. The van der Waals surface area contributed by atoms with E-state index >= 15 is 0 Å². The molecule has 0 radical (unpaired) electrons. The SMILES string of the molecule is CC1(C)CCN(C(=O)CNC2CC2)CCS1. The van der Waals surface area contributed by atoms with Gasteiger partial charge in [0.2, 0.25) is 5.91 Å². The van der Waals surface area contributed by atoms with Gasteiger partial charge in [-0.05, 0) is 19.3 Å². The maximum atomic E-state index is 11.9. The van der Waals surface area contributed by atoms with Gasteiger partial charge in [-0.3, -0.25) is 4.79 Å². The molecule has 2 rings (SSSR count). The van der Waals surface area contributed by atoms with Crippen molar-refractivity contribution in [1.82, 2.24) is 10.2 Å². The van der Waals surface area contributed by atoms with Gasteiger partial charge >= 0.3 is 0 Å². The van der Waals surface area contributed by atoms with E-state index in [1.807, 2.05) is 16.7 Å². The van der Waals surface area contributed by atoms with Crippen LogP contribution in [0.2, 0.25) is 0 Å². The van der Waals surface area contributed by atoms with Crippen molar-refractivity contribution in [3.05, 3.63) is 0 Å². The van der Waals surface area contributed by atoms with Gasteiger partial charge in [0.1, 0.15) is 0 Å². The standard InChI is InChI=1S/C12H22N2OS/c1-12(2)5-6-14(7-8-16-12)11(15)9-13-10-3-4-10/h10,13H,3-9H2,1-2H3. The highest BCUT2D eigenvalue weighted by molar-refractivity contribution is 8.00. The Morgan fingerprint density at radius 3 is 2.88 bits per heavy atom. The van der Waals surface area contributed by atoms with Crippen molar-refractivity contribution in [3.8, 4) is 0 Å². The molecule has 0 aromatic heterocycles. The predicted octanol–water partition coefficient (Wildman–Crippen LogP) is 1.48. The summed E-state index contributed by atoms with van der Waals surface area (Å²) in [5.74, 6) is 1.35. The number of hydrogen-bond acceptors (Lipinski definition) is 3. The summed E-state index contributed by atoms with van der Waals surface area (Å²) in [4.78, 5) is 14.0. The molecule has 0 atom stereocenters. The molecule has 16 heavy (non-hydrogen) atoms. The molecule has 92 valence electrons. The van der Waals surface area contributed by atoms with Crippen LogP contribution in [0.5, 0.6) is 0 Å². The first-order valence-electron chi connectivity index (χ1n) is 6.22. The fourth-order valence-electron chi connectivity index (χ4n) is 1.90. The largest absolute Gasteiger partial charge is 0.341 e. The predicted molar refractivity (Wildman–Crippen MR) is 68.8 cm³/mol. The normalized spacial score (nSPS) is 25.2. The van der Waals surface area contributed by atoms with Crippen molar-refractivity contribution in [2.75, 3.05) is 25.4 Å². The van der Waals surface area contributed by atoms with Crippen molar-refractivity contribution in [3.63, 3.8) is 0 Å². The van der Waals surface area contributed by atoms with Crippen molar-refractivity contribution in [2.24, 2.45) is 0 Å². The van der Waals surface area contributed by atoms with Crippen LogP contribution < -0.4 is 5.32 Å². The lowest BCUT2D eigenvalue weighted by molar-refractivity contribution is -0.130. The summed E-state index contributed by atoms with van der Waals surface area (Å²) in [7, 11) is 0. The molecule has 1 aliphatic carbocycles. The lowest BCUT2D eigenvalue weighted by Gasteiger charge is -2.22. The van der Waals surface area contributed by atoms with E-state index in [9.17, 15) is 4.79 Å². The fourth-order valence-corrected chi connectivity index (χ4v) is 3.00. The molecule has 2 fully saturated rings. The quantitative estimate of drug-likeness (QED) is 0.813. The molecule has 2 aliphatic rings. The smallest absolute Gasteiger partial charge is 0.236 e. The van der Waals surface area contributed by atoms with Crippen LogP contribution in [-0.2, 0) is 4.79 Å². The molecule has 0 aromatic rings. The van der Waals surface area contributed by atoms with E-state index in [0.29, 0.717) is 17.3 Å². The van der Waals surface area contributed by atoms with E-state index in [1.54, 1.807) is 0 Å². The van der Waals surface area contributed by atoms with Gasteiger partial charge in [-0.2, -0.15) is 11.8 Å². The average Bonchev–Trinajstić information content (AvgIpc) is 3.02. The van der Waals surface area contributed by atoms with Crippen molar-refractivity contribution in [1.29, 1.82) is 0 Å². The molecule has 0 spiro atoms. The lowest BCUT2D eigenvalue weighted by Crippen LogP contribution is -2.40. The second kappa shape index (κ2) is 4.96. The first-order chi connectivity index (χ1) is 7.57. The van der Waals surface area contributed by atoms with E-state index in [4.69, 9.17) is 0 Å². The third-order valence-corrected chi connectivity index (χ3v) is 4.68. The molecule has 1 aliphatic heterocycles. The Labute approximate surface area is 102 Å². The Hall–Kier alpha value is -0.220. The lowest BCUT2D eigenvalue weighted by atomic mass is 10.1. The van der Waals surface area contributed by atoms with Crippen molar-refractivity contribution < 1.29 is 4.79 Å². The average molecular weight is 242 g/mol. The van der Waals surface area contributed by atoms with Crippen LogP contribution in [0.3, 0.4) is 0 Å². The Kier molecular flexibility index (Phi) is 3.80. The number of thioether (sulfide) groups is 1. The van der Waals surface area contributed by atoms with Crippen LogP contribution in [0.25, 0.3) is 0 Å². The van der Waals surface area contributed by atoms with Gasteiger partial charge in [0.25, 0.3) is 0 Å². The van der Waals surface area contributed by atoms with Gasteiger partial charge in [0, 0.05) is 29.6 Å². The second-order valence-electron chi connectivity index (χ2n) is 5.39. The highest BCUT2D eigenvalue weighted by Gasteiger charge is 2.27. The Morgan fingerprint density at radius 1 is 1.44 bits per heavy atom. The maximum Gasteiger partial charge on any atom is 0.236 e. The third kappa shape index (κ3) is 3.67. The highest BCUT2D eigenvalue weighted by Crippen LogP contribution is 2.30. The molecule has 1 saturated heterocycles. The Bertz CT molecular complexity index is 264. The van der Waals surface area contributed by atoms with Crippen LogP contribution in [0, 0.1) is 0 Å². The van der Waals surface area contributed by atoms with E-state index in [2.05, 4.69) is 19.2 Å². The zero-order chi connectivity index (χ0) is 11.6. The van der Waals surface area contributed by atoms with Gasteiger partial charge in [0.05, 0.1) is 6.54 Å². The first kappa shape index (κ1) is 12.2. The molecule has 0 bridgehead atoms. The molecule has 0 unspecified atom stereocenters. The van der Waals surface area contributed by atoms with Gasteiger partial charge in [0.15, 0.2) is 0 Å². The summed E-state index contributed by atoms with van der Waals surface area (Å²) in [6.07, 6.45) is 3.60. The minimum absolute atomic E-state index is 0.283. The van der Waals surface area contributed by atoms with Crippen LogP contribution in [-0.4, -0.2) is 47.0 Å². The Balaban J connectivity index is 1.76. The summed E-state index contributed by atoms with van der Waals surface area (Å²) >= 11 is 1.98. The number of carbonyl (C=O) groups is 1. The molecule has 0 aromatic carbocycles. The van der Waals surface area contributed by atoms with E-state index < -0.39 is 0 Å². The summed E-state index contributed by atoms with van der Waals surface area (Å²) in [5.41, 5.74) is 0. The molecule has 1 N–H and O–H groups in total. The molecule has 1 heterocycles. The molecular weight excluding hydrogens is 220 g/mol. The number of rotatable bonds is 3. The van der Waals surface area contributed by atoms with Gasteiger partial charge in [-0.15, -0.1) is 0 Å². The zero-order valence-corrected chi connectivity index (χ0v) is 11.1. The van der Waals surface area contributed by atoms with E-state index in [0.717, 1.165) is 25.3 Å². The van der Waals surface area contributed by atoms with E-state index in [1.165, 1.54) is 12.8 Å². The molecule has 3 nitrogen and oxygen atoms in total. The summed E-state index contributed by atoms with van der Waals surface area (Å²) in [6, 6.07) is 0.627. The number of carbonyl (C=O) groups excluding carboxylic acids is 1. The summed E-state index contributed by atoms with van der Waals surface area (Å²) < 4.78 is 0.332. The minimum atomic E-state index is 0.283. The minimum Gasteiger partial charge on any atom is -0.341 e. The molecular formula is C12H22N2OS. The molecule has 1 amide bonds. The van der Waals surface area contributed by atoms with Crippen molar-refractivity contribution >= 4 is 17.7 Å². The monoisotopic (exact) mass is 242 g/mol. The van der Waals surface area contributed by atoms with Gasteiger partial charge in [-0.1, -0.05) is 13.8 Å². The maximum absolute atomic E-state index is 11.9. The topological polar surface area (TPSA) is 32.3 Å².